The first-order valence-electron chi connectivity index (χ1n) is 36.9. The van der Waals surface area contributed by atoms with Crippen molar-refractivity contribution < 1.29 is 28.6 Å². The molecule has 548 valence electrons. The highest BCUT2D eigenvalue weighted by atomic mass is 16.5. The molecule has 0 bridgehead atoms. The lowest BCUT2D eigenvalue weighted by Gasteiger charge is -2.31. The average Bonchev–Trinajstić information content (AvgIpc) is 0.802. The van der Waals surface area contributed by atoms with E-state index in [0.717, 1.165) is 142 Å². The molecule has 12 aromatic rings. The molecule has 1 aliphatic rings. The summed E-state index contributed by atoms with van der Waals surface area (Å²) in [5.41, 5.74) is 22.3. The molecular weight excluding hydrogens is 1360 g/mol. The van der Waals surface area contributed by atoms with Crippen LogP contribution in [0.1, 0.15) is 93.3 Å². The lowest BCUT2D eigenvalue weighted by atomic mass is 9.98. The van der Waals surface area contributed by atoms with Gasteiger partial charge in [0.25, 0.3) is 0 Å². The predicted molar refractivity (Wildman–Crippen MR) is 437 cm³/mol. The van der Waals surface area contributed by atoms with Crippen LogP contribution in [0.3, 0.4) is 0 Å². The number of ether oxygens (including phenoxy) is 3. The number of esters is 3. The summed E-state index contributed by atoms with van der Waals surface area (Å²) in [6.45, 7) is 18.5. The summed E-state index contributed by atoms with van der Waals surface area (Å²) in [4.78, 5) is 40.7. The number of hydrogen-bond acceptors (Lipinski definition) is 20. The van der Waals surface area contributed by atoms with Crippen LogP contribution in [-0.4, -0.2) is 50.7 Å². The minimum atomic E-state index is -0.474. The third-order valence-corrected chi connectivity index (χ3v) is 18.3. The molecule has 20 nitrogen and oxygen atoms in total. The van der Waals surface area contributed by atoms with Crippen molar-refractivity contribution in [2.45, 2.75) is 86.0 Å². The third kappa shape index (κ3) is 20.2. The summed E-state index contributed by atoms with van der Waals surface area (Å²) in [7, 11) is 0. The van der Waals surface area contributed by atoms with Gasteiger partial charge in [-0.1, -0.05) is 112 Å². The number of rotatable bonds is 29. The van der Waals surface area contributed by atoms with Gasteiger partial charge in [0.1, 0.15) is 11.5 Å². The third-order valence-electron chi connectivity index (χ3n) is 18.3. The fraction of sp³-hybridized carbons (Fsp3) is 0.202. The monoisotopic (exact) mass is 1450 g/mol. The van der Waals surface area contributed by atoms with Crippen molar-refractivity contribution in [3.05, 3.63) is 278 Å². The Morgan fingerprint density at radius 1 is 0.486 bits per heavy atom. The molecule has 0 radical (unpaired) electrons. The first-order valence-corrected chi connectivity index (χ1v) is 36.9. The number of azo groups is 5. The number of nitrogens with one attached hydrogen (secondary N) is 2. The van der Waals surface area contributed by atoms with E-state index in [0.29, 0.717) is 58.3 Å². The Labute approximate surface area is 634 Å². The maximum absolute atomic E-state index is 12.8. The van der Waals surface area contributed by atoms with Crippen molar-refractivity contribution in [1.29, 1.82) is 0 Å². The number of benzene rings is 12. The Morgan fingerprint density at radius 2 is 0.954 bits per heavy atom. The molecule has 13 rings (SSSR count). The van der Waals surface area contributed by atoms with E-state index in [4.69, 9.17) is 34.7 Å². The fourth-order valence-electron chi connectivity index (χ4n) is 12.6. The van der Waals surface area contributed by atoms with Gasteiger partial charge in [0.2, 0.25) is 0 Å². The van der Waals surface area contributed by atoms with Gasteiger partial charge in [-0.3, -0.25) is 4.79 Å². The van der Waals surface area contributed by atoms with Crippen molar-refractivity contribution >= 4 is 130 Å². The van der Waals surface area contributed by atoms with Gasteiger partial charge in [-0.05, 0) is 234 Å². The SMILES string of the molecule is C=CC(=O)OCCCCC(=O)Oc1ccc(N=Nc2ccc(NNc3ccc(N=Nc4ccc(N(CC)CC)cc4)c4ccccc34)cc2)cc1.CCCc1ccc(OC(=O)c2ccc(N=Nc3ccc(N=Nc4ccc(N=Nc5cc6c(cc5C)N(CCC)CCC6)c5ccccc45)c4ccccc34)cc2)cc1. The number of hydrazine groups is 1. The number of nitrogens with zero attached hydrogens (tertiary/aromatic N) is 12. The van der Waals surface area contributed by atoms with Gasteiger partial charge in [-0.15, -0.1) is 25.6 Å². The molecule has 1 heterocycles. The van der Waals surface area contributed by atoms with E-state index in [1.807, 2.05) is 170 Å². The maximum Gasteiger partial charge on any atom is 0.343 e. The lowest BCUT2D eigenvalue weighted by Crippen LogP contribution is -2.30. The second-order valence-corrected chi connectivity index (χ2v) is 25.9. The highest BCUT2D eigenvalue weighted by Crippen LogP contribution is 2.41. The van der Waals surface area contributed by atoms with Gasteiger partial charge in [-0.25, -0.2) is 9.59 Å². The Kier molecular flexibility index (Phi) is 26.1. The van der Waals surface area contributed by atoms with E-state index >= 15 is 0 Å². The second kappa shape index (κ2) is 37.7. The fourth-order valence-corrected chi connectivity index (χ4v) is 12.6. The van der Waals surface area contributed by atoms with Crippen molar-refractivity contribution in [2.75, 3.05) is 53.4 Å². The van der Waals surface area contributed by atoms with Gasteiger partial charge in [0.15, 0.2) is 0 Å². The molecule has 0 atom stereocenters. The topological polar surface area (TPSA) is 233 Å². The molecule has 0 fully saturated rings. The van der Waals surface area contributed by atoms with Crippen LogP contribution in [-0.2, 0) is 27.2 Å². The number of fused-ring (bicyclic) bond motifs is 4. The van der Waals surface area contributed by atoms with Crippen LogP contribution < -0.4 is 30.1 Å². The molecule has 0 spiro atoms. The smallest absolute Gasteiger partial charge is 0.343 e. The first-order chi connectivity index (χ1) is 53.4. The largest absolute Gasteiger partial charge is 0.463 e. The highest BCUT2D eigenvalue weighted by Gasteiger charge is 2.19. The summed E-state index contributed by atoms with van der Waals surface area (Å²) in [5.74, 6) is -0.321. The van der Waals surface area contributed by atoms with E-state index in [1.54, 1.807) is 48.5 Å². The van der Waals surface area contributed by atoms with Gasteiger partial charge < -0.3 is 34.9 Å². The van der Waals surface area contributed by atoms with E-state index in [-0.39, 0.29) is 19.0 Å². The molecular formula is C89H86N14O6. The molecule has 20 heteroatoms. The number of carbonyl (C=O) groups is 3. The molecule has 0 amide bonds. The van der Waals surface area contributed by atoms with E-state index < -0.39 is 11.9 Å². The quantitative estimate of drug-likeness (QED) is 0.0112. The number of aryl methyl sites for hydroxylation is 3. The molecule has 0 saturated heterocycles. The van der Waals surface area contributed by atoms with Gasteiger partial charge >= 0.3 is 17.9 Å². The van der Waals surface area contributed by atoms with Crippen molar-refractivity contribution in [3.63, 3.8) is 0 Å². The standard InChI is InChI=1S/C49H45N7O2.C40H41N7O4/c1-4-11-34-17-23-38(24-18-34)58-49(57)35-19-21-37(22-20-35)50-51-43-25-26-44(40-14-7-6-13-39(40)43)52-53-45-27-28-46(42-16-9-8-15-41(42)45)54-55-47-32-36-12-10-30-56(29-5-2)48(36)31-33(47)3;1-4-39(48)50-28-10-9-13-40(49)51-34-24-20-32(21-25-34)42-41-29-14-16-30(17-15-29)43-45-37-26-27-38(36-12-8-7-11-35(36)37)46-44-31-18-22-33(23-19-31)47(5-2)6-3/h6-9,13-28,31-32H,4-5,10-12,29-30H2,1-3H3;4,7-8,11-12,14-27,43,45H,1,5-6,9-10,13,28H2,2-3H3. The van der Waals surface area contributed by atoms with E-state index in [1.165, 1.54) is 22.5 Å². The number of anilines is 4. The second-order valence-electron chi connectivity index (χ2n) is 25.9. The Bertz CT molecular complexity index is 5310. The van der Waals surface area contributed by atoms with Crippen LogP contribution >= 0.6 is 0 Å². The Hall–Kier alpha value is -13.2. The summed E-state index contributed by atoms with van der Waals surface area (Å²) in [5, 5.41) is 51.4. The molecule has 0 unspecified atom stereocenters. The summed E-state index contributed by atoms with van der Waals surface area (Å²) >= 11 is 0. The number of carbonyl (C=O) groups excluding carboxylic acids is 3. The normalized spacial score (nSPS) is 12.1. The zero-order valence-electron chi connectivity index (χ0n) is 61.9. The summed E-state index contributed by atoms with van der Waals surface area (Å²) < 4.78 is 15.8. The Morgan fingerprint density at radius 3 is 1.49 bits per heavy atom. The summed E-state index contributed by atoms with van der Waals surface area (Å²) in [6.07, 6.45) is 7.85. The predicted octanol–water partition coefficient (Wildman–Crippen LogP) is 25.6. The summed E-state index contributed by atoms with van der Waals surface area (Å²) in [6, 6.07) is 77.2. The zero-order valence-corrected chi connectivity index (χ0v) is 61.9. The Balaban J connectivity index is 0.000000205. The molecule has 0 aliphatic carbocycles. The van der Waals surface area contributed by atoms with Crippen molar-refractivity contribution in [1.82, 2.24) is 0 Å². The molecule has 0 aromatic heterocycles. The molecule has 109 heavy (non-hydrogen) atoms. The first kappa shape index (κ1) is 75.5. The molecule has 2 N–H and O–H groups in total. The van der Waals surface area contributed by atoms with Crippen LogP contribution in [0.15, 0.2) is 306 Å². The van der Waals surface area contributed by atoms with Crippen LogP contribution in [0.5, 0.6) is 11.5 Å². The van der Waals surface area contributed by atoms with Crippen LogP contribution in [0.4, 0.5) is 79.6 Å². The van der Waals surface area contributed by atoms with Crippen LogP contribution in [0.2, 0.25) is 0 Å². The average molecular weight is 1450 g/mol. The number of unbranched alkanes of at least 4 members (excludes halogenated alkanes) is 1. The zero-order chi connectivity index (χ0) is 75.7. The van der Waals surface area contributed by atoms with Gasteiger partial charge in [-0.2, -0.15) is 25.6 Å². The maximum atomic E-state index is 12.8. The van der Waals surface area contributed by atoms with E-state index in [2.05, 4.69) is 117 Å². The van der Waals surface area contributed by atoms with Gasteiger partial charge in [0, 0.05) is 82.4 Å². The van der Waals surface area contributed by atoms with Crippen molar-refractivity contribution in [2.24, 2.45) is 51.1 Å². The van der Waals surface area contributed by atoms with Crippen molar-refractivity contribution in [3.8, 4) is 11.5 Å². The van der Waals surface area contributed by atoms with E-state index in [9.17, 15) is 14.4 Å². The number of hydrogen-bond donors (Lipinski definition) is 2. The minimum Gasteiger partial charge on any atom is -0.463 e. The van der Waals surface area contributed by atoms with Crippen LogP contribution in [0, 0.1) is 6.92 Å². The minimum absolute atomic E-state index is 0.219. The molecule has 0 saturated carbocycles. The molecule has 12 aromatic carbocycles. The lowest BCUT2D eigenvalue weighted by molar-refractivity contribution is -0.137. The van der Waals surface area contributed by atoms with Crippen LogP contribution in [0.25, 0.3) is 32.3 Å². The van der Waals surface area contributed by atoms with Gasteiger partial charge in [0.05, 0.1) is 80.4 Å². The highest BCUT2D eigenvalue weighted by molar-refractivity contribution is 6.03. The molecule has 1 aliphatic heterocycles.